The van der Waals surface area contributed by atoms with E-state index in [1.54, 1.807) is 0 Å². The number of hydrogen-bond donors (Lipinski definition) is 0. The lowest BCUT2D eigenvalue weighted by atomic mass is 10.0. The molecule has 1 aliphatic carbocycles. The van der Waals surface area contributed by atoms with E-state index in [0.717, 1.165) is 32.0 Å². The number of hydrogen-bond acceptors (Lipinski definition) is 2. The summed E-state index contributed by atoms with van der Waals surface area (Å²) in [6.07, 6.45) is 5.31. The van der Waals surface area contributed by atoms with Gasteiger partial charge in [-0.15, -0.1) is 0 Å². The SMILES string of the molecule is O=CC1CCCCCC1=O. The fourth-order valence-corrected chi connectivity index (χ4v) is 1.33. The van der Waals surface area contributed by atoms with Gasteiger partial charge in [-0.2, -0.15) is 0 Å². The molecule has 0 amide bonds. The van der Waals surface area contributed by atoms with Crippen molar-refractivity contribution in [2.24, 2.45) is 5.92 Å². The Balaban J connectivity index is 2.51. The Hall–Kier alpha value is -0.660. The Kier molecular flexibility index (Phi) is 2.60. The number of carbonyl (C=O) groups is 2. The van der Waals surface area contributed by atoms with E-state index in [1.165, 1.54) is 0 Å². The molecule has 0 aromatic heterocycles. The van der Waals surface area contributed by atoms with Crippen LogP contribution in [0.5, 0.6) is 0 Å². The summed E-state index contributed by atoms with van der Waals surface area (Å²) < 4.78 is 0. The van der Waals surface area contributed by atoms with Gasteiger partial charge in [-0.25, -0.2) is 0 Å². The van der Waals surface area contributed by atoms with Gasteiger partial charge in [-0.05, 0) is 12.8 Å². The number of rotatable bonds is 1. The second-order valence-corrected chi connectivity index (χ2v) is 2.81. The predicted molar refractivity (Wildman–Crippen MR) is 37.6 cm³/mol. The third-order valence-electron chi connectivity index (χ3n) is 2.02. The topological polar surface area (TPSA) is 34.1 Å². The number of carbonyl (C=O) groups excluding carboxylic acids is 2. The fourth-order valence-electron chi connectivity index (χ4n) is 1.33. The smallest absolute Gasteiger partial charge is 0.143 e. The van der Waals surface area contributed by atoms with Gasteiger partial charge < -0.3 is 4.79 Å². The molecule has 0 spiro atoms. The van der Waals surface area contributed by atoms with Crippen LogP contribution in [0, 0.1) is 5.92 Å². The van der Waals surface area contributed by atoms with Gasteiger partial charge in [0, 0.05) is 6.42 Å². The molecule has 1 rings (SSSR count). The minimum Gasteiger partial charge on any atom is -0.303 e. The van der Waals surface area contributed by atoms with Gasteiger partial charge in [0.1, 0.15) is 12.1 Å². The van der Waals surface area contributed by atoms with E-state index in [1.807, 2.05) is 0 Å². The molecule has 0 bridgehead atoms. The molecule has 1 fully saturated rings. The lowest BCUT2D eigenvalue weighted by Crippen LogP contribution is -2.13. The average molecular weight is 140 g/mol. The van der Waals surface area contributed by atoms with Crippen molar-refractivity contribution in [2.45, 2.75) is 32.1 Å². The molecular weight excluding hydrogens is 128 g/mol. The highest BCUT2D eigenvalue weighted by Crippen LogP contribution is 2.17. The van der Waals surface area contributed by atoms with Gasteiger partial charge in [0.15, 0.2) is 0 Å². The highest BCUT2D eigenvalue weighted by molar-refractivity contribution is 5.93. The zero-order valence-corrected chi connectivity index (χ0v) is 6.01. The summed E-state index contributed by atoms with van der Waals surface area (Å²) >= 11 is 0. The second kappa shape index (κ2) is 3.49. The maximum absolute atomic E-state index is 11.0. The van der Waals surface area contributed by atoms with Gasteiger partial charge in [-0.1, -0.05) is 12.8 Å². The molecule has 0 heterocycles. The van der Waals surface area contributed by atoms with E-state index in [4.69, 9.17) is 0 Å². The standard InChI is InChI=1S/C8H12O2/c9-6-7-4-2-1-3-5-8(7)10/h6-7H,1-5H2. The Morgan fingerprint density at radius 3 is 2.80 bits per heavy atom. The van der Waals surface area contributed by atoms with Crippen molar-refractivity contribution in [1.82, 2.24) is 0 Å². The third-order valence-corrected chi connectivity index (χ3v) is 2.02. The molecule has 1 saturated carbocycles. The molecule has 1 unspecified atom stereocenters. The highest BCUT2D eigenvalue weighted by atomic mass is 16.1. The summed E-state index contributed by atoms with van der Waals surface area (Å²) in [4.78, 5) is 21.3. The molecule has 0 aromatic rings. The average Bonchev–Trinajstić information content (AvgIpc) is 2.13. The number of Topliss-reactive ketones (excluding diaryl/α,β-unsaturated/α-hetero) is 1. The molecule has 0 aromatic carbocycles. The monoisotopic (exact) mass is 140 g/mol. The summed E-state index contributed by atoms with van der Waals surface area (Å²) in [6, 6.07) is 0. The van der Waals surface area contributed by atoms with Crippen LogP contribution in [0.3, 0.4) is 0 Å². The van der Waals surface area contributed by atoms with Gasteiger partial charge in [-0.3, -0.25) is 4.79 Å². The van der Waals surface area contributed by atoms with Crippen LogP contribution >= 0.6 is 0 Å². The summed E-state index contributed by atoms with van der Waals surface area (Å²) in [5.41, 5.74) is 0. The first-order valence-electron chi connectivity index (χ1n) is 3.82. The normalized spacial score (nSPS) is 27.6. The van der Waals surface area contributed by atoms with Crippen molar-refractivity contribution >= 4 is 12.1 Å². The van der Waals surface area contributed by atoms with E-state index in [2.05, 4.69) is 0 Å². The summed E-state index contributed by atoms with van der Waals surface area (Å²) in [7, 11) is 0. The largest absolute Gasteiger partial charge is 0.303 e. The number of aldehydes is 1. The minimum absolute atomic E-state index is 0.146. The lowest BCUT2D eigenvalue weighted by Gasteiger charge is -2.00. The van der Waals surface area contributed by atoms with Crippen LogP contribution in [0.15, 0.2) is 0 Å². The Labute approximate surface area is 60.6 Å². The minimum atomic E-state index is -0.275. The fraction of sp³-hybridized carbons (Fsp3) is 0.750. The molecule has 10 heavy (non-hydrogen) atoms. The van der Waals surface area contributed by atoms with E-state index >= 15 is 0 Å². The van der Waals surface area contributed by atoms with Gasteiger partial charge in [0.25, 0.3) is 0 Å². The first-order valence-corrected chi connectivity index (χ1v) is 3.82. The van der Waals surface area contributed by atoms with Crippen LogP contribution in [0.4, 0.5) is 0 Å². The van der Waals surface area contributed by atoms with Crippen molar-refractivity contribution < 1.29 is 9.59 Å². The number of ketones is 1. The quantitative estimate of drug-likeness (QED) is 0.313. The first kappa shape index (κ1) is 7.45. The summed E-state index contributed by atoms with van der Waals surface area (Å²) in [5, 5.41) is 0. The Bertz CT molecular complexity index is 140. The van der Waals surface area contributed by atoms with Crippen molar-refractivity contribution in [2.75, 3.05) is 0 Å². The summed E-state index contributed by atoms with van der Waals surface area (Å²) in [5.74, 6) is -0.130. The van der Waals surface area contributed by atoms with E-state index in [9.17, 15) is 9.59 Å². The second-order valence-electron chi connectivity index (χ2n) is 2.81. The Morgan fingerprint density at radius 2 is 2.10 bits per heavy atom. The molecule has 1 atom stereocenters. The van der Waals surface area contributed by atoms with E-state index in [0.29, 0.717) is 6.42 Å². The maximum Gasteiger partial charge on any atom is 0.143 e. The zero-order chi connectivity index (χ0) is 7.40. The predicted octanol–water partition coefficient (Wildman–Crippen LogP) is 1.33. The molecule has 2 heteroatoms. The van der Waals surface area contributed by atoms with E-state index < -0.39 is 0 Å². The molecular formula is C8H12O2. The van der Waals surface area contributed by atoms with E-state index in [-0.39, 0.29) is 11.7 Å². The van der Waals surface area contributed by atoms with Crippen molar-refractivity contribution in [3.63, 3.8) is 0 Å². The molecule has 1 aliphatic rings. The molecule has 0 N–H and O–H groups in total. The van der Waals surface area contributed by atoms with Gasteiger partial charge in [0.05, 0.1) is 5.92 Å². The van der Waals surface area contributed by atoms with Crippen LogP contribution in [0.1, 0.15) is 32.1 Å². The third kappa shape index (κ3) is 1.66. The van der Waals surface area contributed by atoms with Crippen LogP contribution in [0.2, 0.25) is 0 Å². The van der Waals surface area contributed by atoms with Gasteiger partial charge >= 0.3 is 0 Å². The first-order chi connectivity index (χ1) is 4.84. The van der Waals surface area contributed by atoms with Crippen LogP contribution < -0.4 is 0 Å². The molecule has 0 aliphatic heterocycles. The van der Waals surface area contributed by atoms with Crippen molar-refractivity contribution in [1.29, 1.82) is 0 Å². The molecule has 2 nitrogen and oxygen atoms in total. The van der Waals surface area contributed by atoms with Crippen LogP contribution in [-0.4, -0.2) is 12.1 Å². The van der Waals surface area contributed by atoms with Crippen LogP contribution in [0.25, 0.3) is 0 Å². The Morgan fingerprint density at radius 1 is 1.30 bits per heavy atom. The molecule has 56 valence electrons. The molecule has 0 saturated heterocycles. The lowest BCUT2D eigenvalue weighted by molar-refractivity contribution is -0.127. The maximum atomic E-state index is 11.0. The summed E-state index contributed by atoms with van der Waals surface area (Å²) in [6.45, 7) is 0. The van der Waals surface area contributed by atoms with Crippen molar-refractivity contribution in [3.8, 4) is 0 Å². The van der Waals surface area contributed by atoms with Gasteiger partial charge in [0.2, 0.25) is 0 Å². The molecule has 0 radical (unpaired) electrons. The highest BCUT2D eigenvalue weighted by Gasteiger charge is 2.18. The van der Waals surface area contributed by atoms with Crippen molar-refractivity contribution in [3.05, 3.63) is 0 Å². The van der Waals surface area contributed by atoms with Crippen LogP contribution in [-0.2, 0) is 9.59 Å². The zero-order valence-electron chi connectivity index (χ0n) is 6.01.